The maximum atomic E-state index is 5.82. The van der Waals surface area contributed by atoms with E-state index >= 15 is 0 Å². The Morgan fingerprint density at radius 2 is 2.09 bits per heavy atom. The average molecular weight is 424 g/mol. The SMILES string of the molecule is Nc1nc(SCCc2ccccn2)c(I)c(-c2ccco2)n1. The van der Waals surface area contributed by atoms with Crippen LogP contribution in [-0.2, 0) is 6.42 Å². The molecule has 0 saturated heterocycles. The molecule has 22 heavy (non-hydrogen) atoms. The third kappa shape index (κ3) is 3.58. The number of anilines is 1. The van der Waals surface area contributed by atoms with E-state index in [1.54, 1.807) is 24.2 Å². The van der Waals surface area contributed by atoms with E-state index in [1.165, 1.54) is 0 Å². The number of nitrogen functional groups attached to an aromatic ring is 1. The first-order valence-corrected chi connectivity index (χ1v) is 8.70. The van der Waals surface area contributed by atoms with Crippen molar-refractivity contribution in [2.45, 2.75) is 11.4 Å². The lowest BCUT2D eigenvalue weighted by Crippen LogP contribution is -2.02. The fourth-order valence-electron chi connectivity index (χ4n) is 1.91. The van der Waals surface area contributed by atoms with Crippen LogP contribution in [0.5, 0.6) is 0 Å². The molecule has 0 spiro atoms. The summed E-state index contributed by atoms with van der Waals surface area (Å²) in [6.07, 6.45) is 4.31. The van der Waals surface area contributed by atoms with E-state index in [0.717, 1.165) is 32.2 Å². The van der Waals surface area contributed by atoms with Crippen molar-refractivity contribution >= 4 is 40.3 Å². The molecule has 3 heterocycles. The van der Waals surface area contributed by atoms with Crippen LogP contribution in [0.4, 0.5) is 5.95 Å². The Labute approximate surface area is 145 Å². The molecule has 3 rings (SSSR count). The molecule has 3 aromatic heterocycles. The minimum absolute atomic E-state index is 0.257. The van der Waals surface area contributed by atoms with Crippen molar-refractivity contribution in [3.05, 3.63) is 52.1 Å². The largest absolute Gasteiger partial charge is 0.463 e. The predicted molar refractivity (Wildman–Crippen MR) is 95.5 cm³/mol. The number of nitrogens with zero attached hydrogens (tertiary/aromatic N) is 3. The van der Waals surface area contributed by atoms with Crippen LogP contribution in [0.1, 0.15) is 5.69 Å². The Morgan fingerprint density at radius 3 is 2.82 bits per heavy atom. The Kier molecular flexibility index (Phi) is 4.94. The van der Waals surface area contributed by atoms with Crippen LogP contribution in [0.15, 0.2) is 52.2 Å². The normalized spacial score (nSPS) is 10.8. The van der Waals surface area contributed by atoms with Crippen molar-refractivity contribution in [1.29, 1.82) is 0 Å². The van der Waals surface area contributed by atoms with E-state index in [9.17, 15) is 0 Å². The molecule has 3 aromatic rings. The Bertz CT molecular complexity index is 750. The van der Waals surface area contributed by atoms with Gasteiger partial charge in [-0.05, 0) is 53.3 Å². The Balaban J connectivity index is 1.76. The van der Waals surface area contributed by atoms with Gasteiger partial charge in [0.15, 0.2) is 5.76 Å². The van der Waals surface area contributed by atoms with Crippen molar-refractivity contribution < 1.29 is 4.42 Å². The second-order valence-electron chi connectivity index (χ2n) is 4.45. The first-order valence-electron chi connectivity index (χ1n) is 6.63. The summed E-state index contributed by atoms with van der Waals surface area (Å²) in [5.74, 6) is 1.83. The summed E-state index contributed by atoms with van der Waals surface area (Å²) in [5, 5.41) is 0.871. The first kappa shape index (κ1) is 15.3. The number of thioether (sulfide) groups is 1. The summed E-state index contributed by atoms with van der Waals surface area (Å²) in [7, 11) is 0. The third-order valence-electron chi connectivity index (χ3n) is 2.92. The van der Waals surface area contributed by atoms with E-state index in [0.29, 0.717) is 5.76 Å². The lowest BCUT2D eigenvalue weighted by Gasteiger charge is -2.08. The summed E-state index contributed by atoms with van der Waals surface area (Å²) in [4.78, 5) is 12.9. The van der Waals surface area contributed by atoms with E-state index in [1.807, 2.05) is 30.3 Å². The number of aromatic nitrogens is 3. The molecular formula is C15H13IN4OS. The summed E-state index contributed by atoms with van der Waals surface area (Å²) in [6.45, 7) is 0. The van der Waals surface area contributed by atoms with E-state index in [4.69, 9.17) is 10.2 Å². The number of rotatable bonds is 5. The van der Waals surface area contributed by atoms with Gasteiger partial charge in [0.1, 0.15) is 10.7 Å². The van der Waals surface area contributed by atoms with Crippen LogP contribution >= 0.6 is 34.4 Å². The van der Waals surface area contributed by atoms with Gasteiger partial charge in [0.05, 0.1) is 9.83 Å². The fourth-order valence-corrected chi connectivity index (χ4v) is 3.77. The van der Waals surface area contributed by atoms with Gasteiger partial charge < -0.3 is 10.2 Å². The highest BCUT2D eigenvalue weighted by atomic mass is 127. The maximum Gasteiger partial charge on any atom is 0.221 e. The van der Waals surface area contributed by atoms with Gasteiger partial charge >= 0.3 is 0 Å². The summed E-state index contributed by atoms with van der Waals surface area (Å²) in [6, 6.07) is 9.63. The Hall–Kier alpha value is -1.61. The highest BCUT2D eigenvalue weighted by molar-refractivity contribution is 14.1. The molecule has 5 nitrogen and oxygen atoms in total. The molecule has 7 heteroatoms. The molecule has 2 N–H and O–H groups in total. The lowest BCUT2D eigenvalue weighted by molar-refractivity contribution is 0.579. The summed E-state index contributed by atoms with van der Waals surface area (Å²) < 4.78 is 6.37. The molecule has 0 aliphatic heterocycles. The molecule has 112 valence electrons. The zero-order valence-corrected chi connectivity index (χ0v) is 14.5. The molecular weight excluding hydrogens is 411 g/mol. The Morgan fingerprint density at radius 1 is 1.18 bits per heavy atom. The molecule has 0 unspecified atom stereocenters. The quantitative estimate of drug-likeness (QED) is 0.383. The van der Waals surface area contributed by atoms with Crippen molar-refractivity contribution in [1.82, 2.24) is 15.0 Å². The van der Waals surface area contributed by atoms with Gasteiger partial charge in [-0.3, -0.25) is 4.98 Å². The van der Waals surface area contributed by atoms with Crippen LogP contribution in [0, 0.1) is 3.57 Å². The zero-order valence-electron chi connectivity index (χ0n) is 11.6. The second kappa shape index (κ2) is 7.10. The van der Waals surface area contributed by atoms with Gasteiger partial charge in [0, 0.05) is 17.6 Å². The van der Waals surface area contributed by atoms with Crippen LogP contribution in [0.2, 0.25) is 0 Å². The number of pyridine rings is 1. The highest BCUT2D eigenvalue weighted by Crippen LogP contribution is 2.31. The number of halogens is 1. The molecule has 0 aromatic carbocycles. The highest BCUT2D eigenvalue weighted by Gasteiger charge is 2.15. The smallest absolute Gasteiger partial charge is 0.221 e. The van der Waals surface area contributed by atoms with E-state index in [-0.39, 0.29) is 5.95 Å². The third-order valence-corrected chi connectivity index (χ3v) is 5.28. The van der Waals surface area contributed by atoms with E-state index < -0.39 is 0 Å². The second-order valence-corrected chi connectivity index (χ2v) is 6.61. The summed E-state index contributed by atoms with van der Waals surface area (Å²) >= 11 is 3.88. The van der Waals surface area contributed by atoms with Gasteiger partial charge in [0.25, 0.3) is 0 Å². The van der Waals surface area contributed by atoms with Gasteiger partial charge in [-0.15, -0.1) is 11.8 Å². The molecule has 0 atom stereocenters. The van der Waals surface area contributed by atoms with Crippen molar-refractivity contribution in [3.8, 4) is 11.5 Å². The van der Waals surface area contributed by atoms with Crippen LogP contribution in [0.25, 0.3) is 11.5 Å². The minimum atomic E-state index is 0.257. The topological polar surface area (TPSA) is 77.8 Å². The van der Waals surface area contributed by atoms with Crippen molar-refractivity contribution in [2.24, 2.45) is 0 Å². The van der Waals surface area contributed by atoms with Crippen molar-refractivity contribution in [3.63, 3.8) is 0 Å². The fraction of sp³-hybridized carbons (Fsp3) is 0.133. The van der Waals surface area contributed by atoms with Crippen molar-refractivity contribution in [2.75, 3.05) is 11.5 Å². The van der Waals surface area contributed by atoms with Gasteiger partial charge in [-0.25, -0.2) is 9.97 Å². The number of aryl methyl sites for hydroxylation is 1. The maximum absolute atomic E-state index is 5.82. The first-order chi connectivity index (χ1) is 10.7. The zero-order chi connectivity index (χ0) is 15.4. The molecule has 0 aliphatic carbocycles. The molecule has 0 fully saturated rings. The lowest BCUT2D eigenvalue weighted by atomic mass is 10.3. The molecule has 0 aliphatic rings. The number of hydrogen-bond acceptors (Lipinski definition) is 6. The molecule has 0 bridgehead atoms. The van der Waals surface area contributed by atoms with Gasteiger partial charge in [-0.2, -0.15) is 0 Å². The van der Waals surface area contributed by atoms with E-state index in [2.05, 4.69) is 37.5 Å². The van der Waals surface area contributed by atoms with Crippen LogP contribution in [-0.4, -0.2) is 20.7 Å². The summed E-state index contributed by atoms with van der Waals surface area (Å²) in [5.41, 5.74) is 7.63. The standard InChI is InChI=1S/C15H13IN4OS/c16-12-13(11-5-3-8-21-11)19-15(17)20-14(12)22-9-6-10-4-1-2-7-18-10/h1-5,7-8H,6,9H2,(H2,17,19,20). The number of hydrogen-bond donors (Lipinski definition) is 1. The van der Waals surface area contributed by atoms with Gasteiger partial charge in [-0.1, -0.05) is 6.07 Å². The van der Waals surface area contributed by atoms with Crippen LogP contribution < -0.4 is 5.73 Å². The van der Waals surface area contributed by atoms with Gasteiger partial charge in [0.2, 0.25) is 5.95 Å². The number of furan rings is 1. The molecule has 0 amide bonds. The minimum Gasteiger partial charge on any atom is -0.463 e. The molecule has 0 radical (unpaired) electrons. The molecule has 0 saturated carbocycles. The van der Waals surface area contributed by atoms with Crippen LogP contribution in [0.3, 0.4) is 0 Å². The number of nitrogens with two attached hydrogens (primary N) is 1. The predicted octanol–water partition coefficient (Wildman–Crippen LogP) is 3.65. The average Bonchev–Trinajstić information content (AvgIpc) is 3.05. The monoisotopic (exact) mass is 424 g/mol.